The molecule has 0 radical (unpaired) electrons. The molecule has 100 valence electrons. The van der Waals surface area contributed by atoms with E-state index >= 15 is 0 Å². The first-order chi connectivity index (χ1) is 9.76. The van der Waals surface area contributed by atoms with E-state index in [9.17, 15) is 0 Å². The Bertz CT molecular complexity index is 751. The highest BCUT2D eigenvalue weighted by Crippen LogP contribution is 2.32. The number of pyridine rings is 1. The number of aromatic nitrogens is 1. The Balaban J connectivity index is 2.03. The van der Waals surface area contributed by atoms with E-state index in [1.54, 1.807) is 31.5 Å². The molecule has 4 nitrogen and oxygen atoms in total. The summed E-state index contributed by atoms with van der Waals surface area (Å²) in [6.45, 7) is 0. The Hall–Kier alpha value is -2.75. The van der Waals surface area contributed by atoms with Crippen molar-refractivity contribution in [2.24, 2.45) is 0 Å². The molecular formula is C16H14N2O2. The van der Waals surface area contributed by atoms with Crippen LogP contribution in [0.2, 0.25) is 0 Å². The summed E-state index contributed by atoms with van der Waals surface area (Å²) in [5.41, 5.74) is 7.31. The van der Waals surface area contributed by atoms with E-state index in [0.29, 0.717) is 17.2 Å². The first-order valence-electron chi connectivity index (χ1n) is 6.22. The number of hydrogen-bond acceptors (Lipinski definition) is 4. The van der Waals surface area contributed by atoms with Crippen molar-refractivity contribution < 1.29 is 9.47 Å². The molecule has 0 aliphatic rings. The Kier molecular flexibility index (Phi) is 3.13. The number of methoxy groups -OCH3 is 1. The predicted molar refractivity (Wildman–Crippen MR) is 79.2 cm³/mol. The van der Waals surface area contributed by atoms with Crippen LogP contribution in [0.25, 0.3) is 10.9 Å². The van der Waals surface area contributed by atoms with E-state index in [1.165, 1.54) is 0 Å². The maximum atomic E-state index is 5.91. The van der Waals surface area contributed by atoms with Gasteiger partial charge in [-0.15, -0.1) is 0 Å². The number of hydrogen-bond donors (Lipinski definition) is 1. The van der Waals surface area contributed by atoms with Crippen LogP contribution in [0.1, 0.15) is 0 Å². The Morgan fingerprint density at radius 3 is 2.70 bits per heavy atom. The molecule has 0 aliphatic heterocycles. The maximum absolute atomic E-state index is 5.91. The van der Waals surface area contributed by atoms with Crippen molar-refractivity contribution in [2.45, 2.75) is 0 Å². The number of fused-ring (bicyclic) bond motifs is 1. The lowest BCUT2D eigenvalue weighted by Gasteiger charge is -2.10. The lowest BCUT2D eigenvalue weighted by Crippen LogP contribution is -1.92. The summed E-state index contributed by atoms with van der Waals surface area (Å²) in [6, 6.07) is 14.9. The van der Waals surface area contributed by atoms with Crippen molar-refractivity contribution >= 4 is 16.6 Å². The van der Waals surface area contributed by atoms with Crippen LogP contribution in [0.3, 0.4) is 0 Å². The largest absolute Gasteiger partial charge is 0.497 e. The molecule has 4 heteroatoms. The van der Waals surface area contributed by atoms with Gasteiger partial charge in [0.25, 0.3) is 0 Å². The van der Waals surface area contributed by atoms with Crippen LogP contribution in [-0.4, -0.2) is 12.1 Å². The first-order valence-corrected chi connectivity index (χ1v) is 6.22. The summed E-state index contributed by atoms with van der Waals surface area (Å²) in [4.78, 5) is 4.31. The number of benzene rings is 2. The number of rotatable bonds is 3. The zero-order valence-electron chi connectivity index (χ0n) is 11.0. The topological polar surface area (TPSA) is 57.4 Å². The molecule has 0 unspecified atom stereocenters. The third-order valence-electron chi connectivity index (χ3n) is 2.97. The molecule has 2 N–H and O–H groups in total. The molecule has 3 rings (SSSR count). The van der Waals surface area contributed by atoms with Crippen LogP contribution in [0.5, 0.6) is 17.2 Å². The second kappa shape index (κ2) is 5.09. The fourth-order valence-electron chi connectivity index (χ4n) is 2.06. The van der Waals surface area contributed by atoms with Gasteiger partial charge >= 0.3 is 0 Å². The third-order valence-corrected chi connectivity index (χ3v) is 2.97. The summed E-state index contributed by atoms with van der Waals surface area (Å²) in [6.07, 6.45) is 1.76. The smallest absolute Gasteiger partial charge is 0.136 e. The lowest BCUT2D eigenvalue weighted by atomic mass is 10.2. The normalized spacial score (nSPS) is 10.4. The van der Waals surface area contributed by atoms with Gasteiger partial charge in [0.1, 0.15) is 17.2 Å². The lowest BCUT2D eigenvalue weighted by molar-refractivity contribution is 0.409. The number of nitrogen functional groups attached to an aromatic ring is 1. The van der Waals surface area contributed by atoms with E-state index in [-0.39, 0.29) is 0 Å². The number of ether oxygens (including phenoxy) is 2. The minimum atomic E-state index is 0.595. The van der Waals surface area contributed by atoms with Crippen LogP contribution >= 0.6 is 0 Å². The van der Waals surface area contributed by atoms with Crippen molar-refractivity contribution in [3.63, 3.8) is 0 Å². The number of anilines is 1. The van der Waals surface area contributed by atoms with Crippen LogP contribution in [0.15, 0.2) is 54.7 Å². The minimum absolute atomic E-state index is 0.595. The zero-order chi connectivity index (χ0) is 13.9. The molecule has 0 bridgehead atoms. The van der Waals surface area contributed by atoms with E-state index in [0.717, 1.165) is 16.7 Å². The summed E-state index contributed by atoms with van der Waals surface area (Å²) in [5.74, 6) is 2.04. The van der Waals surface area contributed by atoms with Gasteiger partial charge < -0.3 is 15.2 Å². The van der Waals surface area contributed by atoms with Crippen molar-refractivity contribution in [1.29, 1.82) is 0 Å². The minimum Gasteiger partial charge on any atom is -0.497 e. The number of nitrogens with two attached hydrogens (primary N) is 1. The molecule has 0 atom stereocenters. The summed E-state index contributed by atoms with van der Waals surface area (Å²) < 4.78 is 11.1. The van der Waals surface area contributed by atoms with Gasteiger partial charge in [-0.3, -0.25) is 4.98 Å². The zero-order valence-corrected chi connectivity index (χ0v) is 11.0. The third kappa shape index (κ3) is 2.36. The average Bonchev–Trinajstić information content (AvgIpc) is 2.47. The average molecular weight is 266 g/mol. The van der Waals surface area contributed by atoms with Gasteiger partial charge in [-0.2, -0.15) is 0 Å². The molecule has 2 aromatic carbocycles. The molecular weight excluding hydrogens is 252 g/mol. The SMILES string of the molecule is COc1cc(N)cc(Oc2cccc3ncccc23)c1. The van der Waals surface area contributed by atoms with Gasteiger partial charge in [-0.05, 0) is 24.3 Å². The van der Waals surface area contributed by atoms with Gasteiger partial charge in [0.15, 0.2) is 0 Å². The van der Waals surface area contributed by atoms with E-state index < -0.39 is 0 Å². The number of nitrogens with zero attached hydrogens (tertiary/aromatic N) is 1. The van der Waals surface area contributed by atoms with Gasteiger partial charge in [-0.1, -0.05) is 6.07 Å². The van der Waals surface area contributed by atoms with Crippen molar-refractivity contribution in [2.75, 3.05) is 12.8 Å². The molecule has 3 aromatic rings. The van der Waals surface area contributed by atoms with Gasteiger partial charge in [0.2, 0.25) is 0 Å². The molecule has 0 saturated carbocycles. The standard InChI is InChI=1S/C16H14N2O2/c1-19-12-8-11(17)9-13(10-12)20-16-6-2-5-15-14(16)4-3-7-18-15/h2-10H,17H2,1H3. The van der Waals surface area contributed by atoms with E-state index in [4.69, 9.17) is 15.2 Å². The molecule has 1 aromatic heterocycles. The van der Waals surface area contributed by atoms with Crippen LogP contribution in [0.4, 0.5) is 5.69 Å². The summed E-state index contributed by atoms with van der Waals surface area (Å²) in [7, 11) is 1.60. The molecule has 0 amide bonds. The highest BCUT2D eigenvalue weighted by atomic mass is 16.5. The maximum Gasteiger partial charge on any atom is 0.136 e. The quantitative estimate of drug-likeness (QED) is 0.736. The Morgan fingerprint density at radius 1 is 1.00 bits per heavy atom. The second-order valence-corrected chi connectivity index (χ2v) is 4.37. The Morgan fingerprint density at radius 2 is 1.85 bits per heavy atom. The monoisotopic (exact) mass is 266 g/mol. The summed E-state index contributed by atoms with van der Waals surface area (Å²) >= 11 is 0. The van der Waals surface area contributed by atoms with Crippen LogP contribution < -0.4 is 15.2 Å². The van der Waals surface area contributed by atoms with Crippen molar-refractivity contribution in [3.8, 4) is 17.2 Å². The van der Waals surface area contributed by atoms with Crippen LogP contribution in [-0.2, 0) is 0 Å². The Labute approximate surface area is 116 Å². The molecule has 0 aliphatic carbocycles. The predicted octanol–water partition coefficient (Wildman–Crippen LogP) is 3.62. The highest BCUT2D eigenvalue weighted by Gasteiger charge is 2.05. The van der Waals surface area contributed by atoms with Crippen molar-refractivity contribution in [1.82, 2.24) is 4.98 Å². The van der Waals surface area contributed by atoms with Crippen LogP contribution in [0, 0.1) is 0 Å². The van der Waals surface area contributed by atoms with Gasteiger partial charge in [-0.25, -0.2) is 0 Å². The fourth-order valence-corrected chi connectivity index (χ4v) is 2.06. The molecule has 1 heterocycles. The summed E-state index contributed by atoms with van der Waals surface area (Å²) in [5, 5.41) is 0.955. The first kappa shape index (κ1) is 12.3. The van der Waals surface area contributed by atoms with E-state index in [2.05, 4.69) is 4.98 Å². The van der Waals surface area contributed by atoms with Crippen molar-refractivity contribution in [3.05, 3.63) is 54.7 Å². The molecule has 0 saturated heterocycles. The highest BCUT2D eigenvalue weighted by molar-refractivity contribution is 5.85. The second-order valence-electron chi connectivity index (χ2n) is 4.37. The van der Waals surface area contributed by atoms with E-state index in [1.807, 2.05) is 30.3 Å². The molecule has 0 spiro atoms. The molecule has 20 heavy (non-hydrogen) atoms. The fraction of sp³-hybridized carbons (Fsp3) is 0.0625. The molecule has 0 fully saturated rings. The van der Waals surface area contributed by atoms with Gasteiger partial charge in [0, 0.05) is 35.5 Å². The van der Waals surface area contributed by atoms with Gasteiger partial charge in [0.05, 0.1) is 12.6 Å².